The Morgan fingerprint density at radius 2 is 2.16 bits per heavy atom. The Bertz CT molecular complexity index is 444. The van der Waals surface area contributed by atoms with Crippen molar-refractivity contribution in [2.45, 2.75) is 31.8 Å². The summed E-state index contributed by atoms with van der Waals surface area (Å²) in [6.07, 6.45) is 2.54. The van der Waals surface area contributed by atoms with E-state index in [1.54, 1.807) is 0 Å². The Hall–Kier alpha value is -1.26. The first-order chi connectivity index (χ1) is 9.25. The third-order valence-corrected chi connectivity index (χ3v) is 4.34. The molecule has 2 atom stereocenters. The highest BCUT2D eigenvalue weighted by Gasteiger charge is 2.24. The summed E-state index contributed by atoms with van der Waals surface area (Å²) >= 11 is 0. The first-order valence-electron chi connectivity index (χ1n) is 7.08. The molecule has 4 heteroatoms. The highest BCUT2D eigenvalue weighted by molar-refractivity contribution is 5.45. The lowest BCUT2D eigenvalue weighted by atomic mass is 10.0. The lowest BCUT2D eigenvalue weighted by Gasteiger charge is -2.36. The van der Waals surface area contributed by atoms with Crippen LogP contribution in [0.5, 0.6) is 11.5 Å². The van der Waals surface area contributed by atoms with Gasteiger partial charge in [-0.05, 0) is 51.1 Å². The second kappa shape index (κ2) is 5.39. The Kier molecular flexibility index (Phi) is 3.62. The molecule has 0 amide bonds. The van der Waals surface area contributed by atoms with Crippen molar-refractivity contribution in [3.63, 3.8) is 0 Å². The molecule has 0 aliphatic carbocycles. The minimum Gasteiger partial charge on any atom is -0.454 e. The maximum Gasteiger partial charge on any atom is 0.231 e. The van der Waals surface area contributed by atoms with E-state index in [2.05, 4.69) is 36.3 Å². The molecular formula is C15H22N2O2. The number of likely N-dealkylation sites (N-methyl/N-ethyl adjacent to an activating group) is 1. The molecule has 2 unspecified atom stereocenters. The maximum absolute atomic E-state index is 5.46. The second-order valence-electron chi connectivity index (χ2n) is 5.45. The van der Waals surface area contributed by atoms with Gasteiger partial charge < -0.3 is 14.8 Å². The number of piperidine rings is 1. The van der Waals surface area contributed by atoms with Gasteiger partial charge in [0.2, 0.25) is 6.79 Å². The molecule has 2 aliphatic heterocycles. The van der Waals surface area contributed by atoms with Crippen LogP contribution in [0.2, 0.25) is 0 Å². The van der Waals surface area contributed by atoms with Gasteiger partial charge in [-0.2, -0.15) is 0 Å². The smallest absolute Gasteiger partial charge is 0.231 e. The molecule has 2 heterocycles. The van der Waals surface area contributed by atoms with Gasteiger partial charge in [0.05, 0.1) is 0 Å². The number of nitrogens with zero attached hydrogens (tertiary/aromatic N) is 1. The largest absolute Gasteiger partial charge is 0.454 e. The van der Waals surface area contributed by atoms with Crippen LogP contribution < -0.4 is 14.8 Å². The van der Waals surface area contributed by atoms with E-state index in [0.29, 0.717) is 18.9 Å². The number of ether oxygens (including phenoxy) is 2. The van der Waals surface area contributed by atoms with Gasteiger partial charge in [-0.25, -0.2) is 0 Å². The van der Waals surface area contributed by atoms with Crippen molar-refractivity contribution >= 4 is 0 Å². The fraction of sp³-hybridized carbons (Fsp3) is 0.600. The van der Waals surface area contributed by atoms with E-state index in [1.807, 2.05) is 6.07 Å². The van der Waals surface area contributed by atoms with Gasteiger partial charge in [0.15, 0.2) is 11.5 Å². The van der Waals surface area contributed by atoms with Crippen LogP contribution in [-0.2, 0) is 0 Å². The molecular weight excluding hydrogens is 240 g/mol. The van der Waals surface area contributed by atoms with Crippen molar-refractivity contribution in [3.8, 4) is 11.5 Å². The Labute approximate surface area is 114 Å². The monoisotopic (exact) mass is 262 g/mol. The van der Waals surface area contributed by atoms with Crippen molar-refractivity contribution in [2.24, 2.45) is 0 Å². The van der Waals surface area contributed by atoms with E-state index >= 15 is 0 Å². The molecule has 4 nitrogen and oxygen atoms in total. The number of rotatable bonds is 3. The first kappa shape index (κ1) is 12.8. The summed E-state index contributed by atoms with van der Waals surface area (Å²) in [5, 5.41) is 3.48. The van der Waals surface area contributed by atoms with Crippen molar-refractivity contribution in [2.75, 3.05) is 26.9 Å². The third kappa shape index (κ3) is 2.55. The van der Waals surface area contributed by atoms with Crippen LogP contribution in [0.15, 0.2) is 18.2 Å². The molecule has 1 N–H and O–H groups in total. The van der Waals surface area contributed by atoms with Crippen molar-refractivity contribution in [3.05, 3.63) is 23.8 Å². The molecule has 1 fully saturated rings. The van der Waals surface area contributed by atoms with Gasteiger partial charge in [0.1, 0.15) is 0 Å². The third-order valence-electron chi connectivity index (χ3n) is 4.34. The van der Waals surface area contributed by atoms with E-state index < -0.39 is 0 Å². The zero-order chi connectivity index (χ0) is 13.2. The molecule has 0 saturated carbocycles. The highest BCUT2D eigenvalue weighted by atomic mass is 16.7. The van der Waals surface area contributed by atoms with E-state index in [4.69, 9.17) is 9.47 Å². The molecule has 104 valence electrons. The van der Waals surface area contributed by atoms with E-state index in [0.717, 1.165) is 24.6 Å². The fourth-order valence-corrected chi connectivity index (χ4v) is 2.91. The highest BCUT2D eigenvalue weighted by Crippen LogP contribution is 2.35. The predicted molar refractivity (Wildman–Crippen MR) is 74.6 cm³/mol. The molecule has 1 aromatic carbocycles. The van der Waals surface area contributed by atoms with Gasteiger partial charge >= 0.3 is 0 Å². The average molecular weight is 262 g/mol. The second-order valence-corrected chi connectivity index (χ2v) is 5.45. The normalized spacial score (nSPS) is 23.6. The van der Waals surface area contributed by atoms with Crippen LogP contribution >= 0.6 is 0 Å². The van der Waals surface area contributed by atoms with Gasteiger partial charge in [0, 0.05) is 18.6 Å². The Balaban J connectivity index is 1.73. The molecule has 0 spiro atoms. The minimum absolute atomic E-state index is 0.343. The SMILES string of the molecule is CC(c1ccc2c(c1)OCO2)N(C)C1CCCNC1. The van der Waals surface area contributed by atoms with Gasteiger partial charge in [-0.1, -0.05) is 6.07 Å². The summed E-state index contributed by atoms with van der Waals surface area (Å²) < 4.78 is 10.8. The standard InChI is InChI=1S/C15H22N2O2/c1-11(17(2)13-4-3-7-16-9-13)12-5-6-14-15(8-12)19-10-18-14/h5-6,8,11,13,16H,3-4,7,9-10H2,1-2H3. The quantitative estimate of drug-likeness (QED) is 0.905. The van der Waals surface area contributed by atoms with Crippen LogP contribution in [0.1, 0.15) is 31.4 Å². The lowest BCUT2D eigenvalue weighted by molar-refractivity contribution is 0.156. The molecule has 1 aromatic rings. The number of benzene rings is 1. The Morgan fingerprint density at radius 1 is 1.32 bits per heavy atom. The van der Waals surface area contributed by atoms with Crippen molar-refractivity contribution in [1.82, 2.24) is 10.2 Å². The van der Waals surface area contributed by atoms with Gasteiger partial charge in [-0.15, -0.1) is 0 Å². The summed E-state index contributed by atoms with van der Waals surface area (Å²) in [5.74, 6) is 1.73. The average Bonchev–Trinajstić information content (AvgIpc) is 2.94. The predicted octanol–water partition coefficient (Wildman–Crippen LogP) is 2.16. The summed E-state index contributed by atoms with van der Waals surface area (Å²) in [4.78, 5) is 2.46. The zero-order valence-electron chi connectivity index (χ0n) is 11.7. The number of hydrogen-bond acceptors (Lipinski definition) is 4. The summed E-state index contributed by atoms with van der Waals surface area (Å²) in [6, 6.07) is 7.28. The zero-order valence-corrected chi connectivity index (χ0v) is 11.7. The van der Waals surface area contributed by atoms with Crippen LogP contribution in [0, 0.1) is 0 Å². The Morgan fingerprint density at radius 3 is 2.95 bits per heavy atom. The van der Waals surface area contributed by atoms with E-state index in [9.17, 15) is 0 Å². The molecule has 0 radical (unpaired) electrons. The van der Waals surface area contributed by atoms with Crippen molar-refractivity contribution in [1.29, 1.82) is 0 Å². The van der Waals surface area contributed by atoms with E-state index in [1.165, 1.54) is 18.4 Å². The molecule has 0 aromatic heterocycles. The minimum atomic E-state index is 0.343. The van der Waals surface area contributed by atoms with Crippen LogP contribution in [0.4, 0.5) is 0 Å². The molecule has 0 bridgehead atoms. The van der Waals surface area contributed by atoms with Gasteiger partial charge in [0.25, 0.3) is 0 Å². The van der Waals surface area contributed by atoms with Crippen LogP contribution in [0.25, 0.3) is 0 Å². The van der Waals surface area contributed by atoms with Crippen LogP contribution in [0.3, 0.4) is 0 Å². The molecule has 1 saturated heterocycles. The topological polar surface area (TPSA) is 33.7 Å². The summed E-state index contributed by atoms with van der Waals surface area (Å²) in [5.41, 5.74) is 1.29. The summed E-state index contributed by atoms with van der Waals surface area (Å²) in [7, 11) is 2.22. The lowest BCUT2D eigenvalue weighted by Crippen LogP contribution is -2.45. The number of hydrogen-bond donors (Lipinski definition) is 1. The number of nitrogens with one attached hydrogen (secondary N) is 1. The summed E-state index contributed by atoms with van der Waals surface area (Å²) in [6.45, 7) is 4.84. The fourth-order valence-electron chi connectivity index (χ4n) is 2.91. The number of fused-ring (bicyclic) bond motifs is 1. The first-order valence-corrected chi connectivity index (χ1v) is 7.08. The van der Waals surface area contributed by atoms with E-state index in [-0.39, 0.29) is 0 Å². The van der Waals surface area contributed by atoms with Crippen molar-refractivity contribution < 1.29 is 9.47 Å². The molecule has 3 rings (SSSR count). The van der Waals surface area contributed by atoms with Crippen LogP contribution in [-0.4, -0.2) is 37.9 Å². The maximum atomic E-state index is 5.46. The molecule has 19 heavy (non-hydrogen) atoms. The molecule has 2 aliphatic rings. The van der Waals surface area contributed by atoms with Gasteiger partial charge in [-0.3, -0.25) is 4.90 Å².